The summed E-state index contributed by atoms with van der Waals surface area (Å²) in [6.45, 7) is 5.64. The lowest BCUT2D eigenvalue weighted by Crippen LogP contribution is -2.47. The maximum absolute atomic E-state index is 12.2. The van der Waals surface area contributed by atoms with Crippen LogP contribution in [0, 0.1) is 0 Å². The van der Waals surface area contributed by atoms with Gasteiger partial charge in [0.05, 0.1) is 17.1 Å². The Kier molecular flexibility index (Phi) is 4.96. The van der Waals surface area contributed by atoms with E-state index in [1.54, 1.807) is 0 Å². The smallest absolute Gasteiger partial charge is 0.286 e. The Bertz CT molecular complexity index is 672. The van der Waals surface area contributed by atoms with Crippen molar-refractivity contribution >= 4 is 34.6 Å². The number of aliphatic imine (C=N–C) groups is 1. The molecule has 0 N–H and O–H groups in total. The molecule has 0 saturated carbocycles. The molecule has 0 aliphatic carbocycles. The summed E-state index contributed by atoms with van der Waals surface area (Å²) in [5.41, 5.74) is 2.15. The fraction of sp³-hybridized carbons (Fsp3) is 0.444. The standard InChI is InChI=1S/C18H23N3O2S/c1-12-10-21(11-13(2)23-12)18-19-17(22)16(24-18)9-14-5-7-15(8-6-14)20(3)4/h5-9,12-13H,10-11H2,1-4H3/b16-9+. The number of benzene rings is 1. The summed E-state index contributed by atoms with van der Waals surface area (Å²) in [5.74, 6) is -0.154. The molecule has 5 nitrogen and oxygen atoms in total. The topological polar surface area (TPSA) is 45.1 Å². The second kappa shape index (κ2) is 6.99. The minimum absolute atomic E-state index is 0.152. The Morgan fingerprint density at radius 2 is 1.83 bits per heavy atom. The average molecular weight is 345 g/mol. The largest absolute Gasteiger partial charge is 0.378 e. The molecule has 0 bridgehead atoms. The predicted molar refractivity (Wildman–Crippen MR) is 100 cm³/mol. The predicted octanol–water partition coefficient (Wildman–Crippen LogP) is 2.83. The number of carbonyl (C=O) groups is 1. The number of thioether (sulfide) groups is 1. The van der Waals surface area contributed by atoms with Crippen molar-refractivity contribution in [1.29, 1.82) is 0 Å². The highest BCUT2D eigenvalue weighted by Gasteiger charge is 2.30. The summed E-state index contributed by atoms with van der Waals surface area (Å²) < 4.78 is 5.75. The maximum atomic E-state index is 12.2. The van der Waals surface area contributed by atoms with E-state index in [1.807, 2.05) is 63.2 Å². The van der Waals surface area contributed by atoms with Crippen molar-refractivity contribution in [3.8, 4) is 0 Å². The highest BCUT2D eigenvalue weighted by molar-refractivity contribution is 8.18. The van der Waals surface area contributed by atoms with Crippen molar-refractivity contribution in [3.63, 3.8) is 0 Å². The van der Waals surface area contributed by atoms with Crippen LogP contribution in [0.15, 0.2) is 34.2 Å². The van der Waals surface area contributed by atoms with Gasteiger partial charge in [0, 0.05) is 32.9 Å². The van der Waals surface area contributed by atoms with E-state index in [-0.39, 0.29) is 18.1 Å². The van der Waals surface area contributed by atoms with Crippen LogP contribution in [-0.2, 0) is 9.53 Å². The molecule has 1 fully saturated rings. The van der Waals surface area contributed by atoms with Crippen LogP contribution >= 0.6 is 11.8 Å². The number of ether oxygens (including phenoxy) is 1. The third-order valence-electron chi connectivity index (χ3n) is 4.01. The van der Waals surface area contributed by atoms with Crippen molar-refractivity contribution < 1.29 is 9.53 Å². The number of morpholine rings is 1. The molecule has 1 saturated heterocycles. The van der Waals surface area contributed by atoms with E-state index in [2.05, 4.69) is 9.89 Å². The van der Waals surface area contributed by atoms with Crippen molar-refractivity contribution in [2.24, 2.45) is 4.99 Å². The molecule has 3 rings (SSSR count). The van der Waals surface area contributed by atoms with Crippen LogP contribution in [0.5, 0.6) is 0 Å². The summed E-state index contributed by atoms with van der Waals surface area (Å²) in [4.78, 5) is 21.3. The van der Waals surface area contributed by atoms with Crippen LogP contribution < -0.4 is 4.90 Å². The first kappa shape index (κ1) is 17.0. The van der Waals surface area contributed by atoms with E-state index >= 15 is 0 Å². The highest BCUT2D eigenvalue weighted by atomic mass is 32.2. The molecule has 1 aromatic carbocycles. The number of carbonyl (C=O) groups excluding carboxylic acids is 1. The number of nitrogens with zero attached hydrogens (tertiary/aromatic N) is 3. The molecule has 1 aromatic rings. The molecule has 1 amide bonds. The Morgan fingerprint density at radius 3 is 2.42 bits per heavy atom. The summed E-state index contributed by atoms with van der Waals surface area (Å²) in [6.07, 6.45) is 2.22. The first-order chi connectivity index (χ1) is 11.4. The van der Waals surface area contributed by atoms with Crippen molar-refractivity contribution in [2.45, 2.75) is 26.1 Å². The molecule has 2 aliphatic heterocycles. The van der Waals surface area contributed by atoms with Gasteiger partial charge in [-0.3, -0.25) is 4.79 Å². The summed E-state index contributed by atoms with van der Waals surface area (Å²) in [5, 5.41) is 0.790. The number of amidine groups is 1. The normalized spacial score (nSPS) is 26.0. The van der Waals surface area contributed by atoms with Crippen LogP contribution in [0.25, 0.3) is 6.08 Å². The quantitative estimate of drug-likeness (QED) is 0.771. The Labute approximate surface area is 147 Å². The van der Waals surface area contributed by atoms with Gasteiger partial charge in [0.15, 0.2) is 5.17 Å². The highest BCUT2D eigenvalue weighted by Crippen LogP contribution is 2.31. The first-order valence-electron chi connectivity index (χ1n) is 8.13. The summed E-state index contributed by atoms with van der Waals surface area (Å²) in [7, 11) is 4.02. The van der Waals surface area contributed by atoms with E-state index < -0.39 is 0 Å². The van der Waals surface area contributed by atoms with E-state index in [0.29, 0.717) is 4.91 Å². The van der Waals surface area contributed by atoms with E-state index in [1.165, 1.54) is 11.8 Å². The Morgan fingerprint density at radius 1 is 1.21 bits per heavy atom. The molecule has 2 unspecified atom stereocenters. The van der Waals surface area contributed by atoms with Crippen LogP contribution in [-0.4, -0.2) is 55.4 Å². The molecule has 6 heteroatoms. The molecule has 0 radical (unpaired) electrons. The van der Waals surface area contributed by atoms with E-state index in [0.717, 1.165) is 29.5 Å². The molecule has 2 heterocycles. The third kappa shape index (κ3) is 3.82. The fourth-order valence-corrected chi connectivity index (χ4v) is 3.82. The Balaban J connectivity index is 1.72. The number of hydrogen-bond donors (Lipinski definition) is 0. The van der Waals surface area contributed by atoms with Crippen LogP contribution in [0.2, 0.25) is 0 Å². The fourth-order valence-electron chi connectivity index (χ4n) is 2.89. The zero-order chi connectivity index (χ0) is 17.3. The van der Waals surface area contributed by atoms with Gasteiger partial charge < -0.3 is 14.5 Å². The Hall–Kier alpha value is -1.79. The van der Waals surface area contributed by atoms with Gasteiger partial charge in [-0.25, -0.2) is 0 Å². The zero-order valence-electron chi connectivity index (χ0n) is 14.5. The number of rotatable bonds is 2. The zero-order valence-corrected chi connectivity index (χ0v) is 15.3. The second-order valence-corrected chi connectivity index (χ2v) is 7.47. The summed E-state index contributed by atoms with van der Waals surface area (Å²) >= 11 is 1.46. The molecule has 2 aliphatic rings. The van der Waals surface area contributed by atoms with Gasteiger partial charge in [-0.2, -0.15) is 4.99 Å². The van der Waals surface area contributed by atoms with Crippen LogP contribution in [0.4, 0.5) is 5.69 Å². The third-order valence-corrected chi connectivity index (χ3v) is 5.05. The van der Waals surface area contributed by atoms with Gasteiger partial charge in [0.25, 0.3) is 5.91 Å². The minimum atomic E-state index is -0.154. The van der Waals surface area contributed by atoms with Gasteiger partial charge in [-0.1, -0.05) is 12.1 Å². The van der Waals surface area contributed by atoms with Crippen molar-refractivity contribution in [1.82, 2.24) is 4.90 Å². The molecule has 2 atom stereocenters. The lowest BCUT2D eigenvalue weighted by molar-refractivity contribution is -0.113. The molecule has 0 spiro atoms. The van der Waals surface area contributed by atoms with Gasteiger partial charge in [0.2, 0.25) is 0 Å². The van der Waals surface area contributed by atoms with Crippen LogP contribution in [0.1, 0.15) is 19.4 Å². The maximum Gasteiger partial charge on any atom is 0.286 e. The van der Waals surface area contributed by atoms with E-state index in [4.69, 9.17) is 4.74 Å². The van der Waals surface area contributed by atoms with Crippen LogP contribution in [0.3, 0.4) is 0 Å². The first-order valence-corrected chi connectivity index (χ1v) is 8.94. The SMILES string of the molecule is CC1CN(C2=NC(=O)/C(=C\c3ccc(N(C)C)cc3)S2)CC(C)O1. The lowest BCUT2D eigenvalue weighted by Gasteiger charge is -2.35. The molecule has 128 valence electrons. The second-order valence-electron chi connectivity index (χ2n) is 6.46. The molecule has 0 aromatic heterocycles. The van der Waals surface area contributed by atoms with Gasteiger partial charge in [-0.15, -0.1) is 0 Å². The van der Waals surface area contributed by atoms with Gasteiger partial charge in [-0.05, 0) is 49.4 Å². The monoisotopic (exact) mass is 345 g/mol. The molecular weight excluding hydrogens is 322 g/mol. The van der Waals surface area contributed by atoms with Crippen molar-refractivity contribution in [3.05, 3.63) is 34.7 Å². The minimum Gasteiger partial charge on any atom is -0.378 e. The molecular formula is C18H23N3O2S. The van der Waals surface area contributed by atoms with E-state index in [9.17, 15) is 4.79 Å². The number of hydrogen-bond acceptors (Lipinski definition) is 5. The average Bonchev–Trinajstić information content (AvgIpc) is 2.88. The number of amides is 1. The van der Waals surface area contributed by atoms with Gasteiger partial charge in [0.1, 0.15) is 0 Å². The summed E-state index contributed by atoms with van der Waals surface area (Å²) in [6, 6.07) is 8.13. The molecule has 24 heavy (non-hydrogen) atoms. The van der Waals surface area contributed by atoms with Gasteiger partial charge >= 0.3 is 0 Å². The number of anilines is 1. The van der Waals surface area contributed by atoms with Crippen molar-refractivity contribution in [2.75, 3.05) is 32.1 Å². The lowest BCUT2D eigenvalue weighted by atomic mass is 10.2.